The first-order valence-electron chi connectivity index (χ1n) is 8.01. The van der Waals surface area contributed by atoms with Crippen LogP contribution in [-0.2, 0) is 16.2 Å². The summed E-state index contributed by atoms with van der Waals surface area (Å²) in [7, 11) is 1.42. The van der Waals surface area contributed by atoms with Gasteiger partial charge >= 0.3 is 6.03 Å². The Morgan fingerprint density at radius 1 is 1.11 bits per heavy atom. The van der Waals surface area contributed by atoms with Crippen LogP contribution in [0.1, 0.15) is 11.1 Å². The SMILES string of the molecule is COc1cc(C=C2C(=O)NC(=O)NC2=O)cc(Br)c1OCc1ccccc1F. The molecule has 1 aliphatic heterocycles. The molecule has 3 rings (SSSR count). The van der Waals surface area contributed by atoms with Crippen molar-refractivity contribution in [1.82, 2.24) is 10.6 Å². The summed E-state index contributed by atoms with van der Waals surface area (Å²) in [5.74, 6) is -1.35. The van der Waals surface area contributed by atoms with Crippen LogP contribution in [0.5, 0.6) is 11.5 Å². The molecule has 2 aromatic rings. The molecular weight excluding hydrogens is 435 g/mol. The summed E-state index contributed by atoms with van der Waals surface area (Å²) in [6.45, 7) is -0.0189. The molecule has 1 fully saturated rings. The number of urea groups is 1. The minimum atomic E-state index is -0.872. The van der Waals surface area contributed by atoms with Crippen LogP contribution < -0.4 is 20.1 Å². The van der Waals surface area contributed by atoms with Gasteiger partial charge in [-0.2, -0.15) is 0 Å². The van der Waals surface area contributed by atoms with E-state index < -0.39 is 17.8 Å². The molecule has 0 spiro atoms. The fourth-order valence-corrected chi connectivity index (χ4v) is 3.08. The lowest BCUT2D eigenvalue weighted by Gasteiger charge is -2.16. The lowest BCUT2D eigenvalue weighted by atomic mass is 10.1. The van der Waals surface area contributed by atoms with Crippen molar-refractivity contribution in [3.8, 4) is 11.5 Å². The number of amides is 4. The average Bonchev–Trinajstić information content (AvgIpc) is 2.64. The number of barbiturate groups is 1. The van der Waals surface area contributed by atoms with Crippen LogP contribution >= 0.6 is 15.9 Å². The maximum Gasteiger partial charge on any atom is 0.328 e. The average molecular weight is 449 g/mol. The molecule has 0 bridgehead atoms. The summed E-state index contributed by atoms with van der Waals surface area (Å²) < 4.78 is 25.2. The third-order valence-electron chi connectivity index (χ3n) is 3.84. The van der Waals surface area contributed by atoms with Gasteiger partial charge in [-0.1, -0.05) is 18.2 Å². The van der Waals surface area contributed by atoms with Gasteiger partial charge in [-0.3, -0.25) is 20.2 Å². The van der Waals surface area contributed by atoms with Gasteiger partial charge < -0.3 is 9.47 Å². The fraction of sp³-hybridized carbons (Fsp3) is 0.105. The zero-order valence-corrected chi connectivity index (χ0v) is 16.1. The van der Waals surface area contributed by atoms with Crippen molar-refractivity contribution in [1.29, 1.82) is 0 Å². The zero-order valence-electron chi connectivity index (χ0n) is 14.5. The molecule has 0 aromatic heterocycles. The molecule has 144 valence electrons. The molecule has 1 heterocycles. The van der Waals surface area contributed by atoms with Gasteiger partial charge in [0.25, 0.3) is 11.8 Å². The molecule has 7 nitrogen and oxygen atoms in total. The Hall–Kier alpha value is -3.20. The minimum absolute atomic E-state index is 0.0189. The molecule has 4 amide bonds. The number of rotatable bonds is 5. The highest BCUT2D eigenvalue weighted by Gasteiger charge is 2.27. The Kier molecular flexibility index (Phi) is 5.74. The number of ether oxygens (including phenoxy) is 2. The smallest absolute Gasteiger partial charge is 0.328 e. The summed E-state index contributed by atoms with van der Waals surface area (Å²) in [5, 5.41) is 3.99. The molecule has 0 radical (unpaired) electrons. The summed E-state index contributed by atoms with van der Waals surface area (Å²) in [4.78, 5) is 34.8. The van der Waals surface area contributed by atoms with Crippen molar-refractivity contribution in [2.45, 2.75) is 6.61 Å². The second kappa shape index (κ2) is 8.22. The second-order valence-corrected chi connectivity index (χ2v) is 6.56. The van der Waals surface area contributed by atoms with Crippen LogP contribution in [-0.4, -0.2) is 25.0 Å². The first-order chi connectivity index (χ1) is 13.4. The number of methoxy groups -OCH3 is 1. The fourth-order valence-electron chi connectivity index (χ4n) is 2.50. The van der Waals surface area contributed by atoms with Crippen LogP contribution in [0.3, 0.4) is 0 Å². The van der Waals surface area contributed by atoms with Gasteiger partial charge in [0.2, 0.25) is 0 Å². The van der Waals surface area contributed by atoms with Gasteiger partial charge in [0.1, 0.15) is 18.0 Å². The Balaban J connectivity index is 1.88. The highest BCUT2D eigenvalue weighted by molar-refractivity contribution is 9.10. The Labute approximate surface area is 167 Å². The van der Waals surface area contributed by atoms with E-state index in [1.165, 1.54) is 19.3 Å². The van der Waals surface area contributed by atoms with E-state index in [4.69, 9.17) is 9.47 Å². The molecule has 0 saturated carbocycles. The first kappa shape index (κ1) is 19.6. The molecule has 2 N–H and O–H groups in total. The van der Waals surface area contributed by atoms with Gasteiger partial charge in [0.05, 0.1) is 11.6 Å². The Bertz CT molecular complexity index is 984. The quantitative estimate of drug-likeness (QED) is 0.541. The number of carbonyl (C=O) groups excluding carboxylic acids is 3. The maximum absolute atomic E-state index is 13.8. The lowest BCUT2D eigenvalue weighted by Crippen LogP contribution is -2.51. The molecular formula is C19H14BrFN2O5. The summed E-state index contributed by atoms with van der Waals surface area (Å²) in [6.07, 6.45) is 1.31. The molecule has 1 aliphatic rings. The monoisotopic (exact) mass is 448 g/mol. The summed E-state index contributed by atoms with van der Waals surface area (Å²) >= 11 is 3.35. The molecule has 9 heteroatoms. The van der Waals surface area contributed by atoms with Crippen LogP contribution in [0.25, 0.3) is 6.08 Å². The maximum atomic E-state index is 13.8. The third kappa shape index (κ3) is 4.20. The van der Waals surface area contributed by atoms with Crippen LogP contribution in [0.2, 0.25) is 0 Å². The molecule has 1 saturated heterocycles. The zero-order chi connectivity index (χ0) is 20.3. The molecule has 28 heavy (non-hydrogen) atoms. The number of nitrogens with one attached hydrogen (secondary N) is 2. The van der Waals surface area contributed by atoms with Crippen molar-refractivity contribution >= 4 is 39.9 Å². The molecule has 0 aliphatic carbocycles. The summed E-state index contributed by atoms with van der Waals surface area (Å²) in [5.41, 5.74) is 0.605. The Morgan fingerprint density at radius 3 is 2.43 bits per heavy atom. The van der Waals surface area contributed by atoms with E-state index in [0.29, 0.717) is 27.1 Å². The largest absolute Gasteiger partial charge is 0.493 e. The standard InChI is InChI=1S/C19H14BrFN2O5/c1-27-15-8-10(6-12-17(24)22-19(26)23-18(12)25)7-13(20)16(15)28-9-11-4-2-3-5-14(11)21/h2-8H,9H2,1H3,(H2,22,23,24,25,26). The highest BCUT2D eigenvalue weighted by atomic mass is 79.9. The van der Waals surface area contributed by atoms with E-state index in [-0.39, 0.29) is 18.0 Å². The normalized spacial score (nSPS) is 13.7. The van der Waals surface area contributed by atoms with Gasteiger partial charge in [-0.15, -0.1) is 0 Å². The van der Waals surface area contributed by atoms with Crippen LogP contribution in [0.4, 0.5) is 9.18 Å². The lowest BCUT2D eigenvalue weighted by molar-refractivity contribution is -0.123. The van der Waals surface area contributed by atoms with Crippen LogP contribution in [0.15, 0.2) is 46.4 Å². The van der Waals surface area contributed by atoms with Crippen LogP contribution in [0, 0.1) is 5.82 Å². The molecule has 2 aromatic carbocycles. The summed E-state index contributed by atoms with van der Waals surface area (Å²) in [6, 6.07) is 8.51. The number of hydrogen-bond acceptors (Lipinski definition) is 5. The second-order valence-electron chi connectivity index (χ2n) is 5.71. The van der Waals surface area contributed by atoms with Gasteiger partial charge in [0.15, 0.2) is 11.5 Å². The highest BCUT2D eigenvalue weighted by Crippen LogP contribution is 2.38. The van der Waals surface area contributed by atoms with Gasteiger partial charge in [-0.05, 0) is 45.8 Å². The minimum Gasteiger partial charge on any atom is -0.493 e. The predicted molar refractivity (Wildman–Crippen MR) is 101 cm³/mol. The van der Waals surface area contributed by atoms with Crippen molar-refractivity contribution in [2.75, 3.05) is 7.11 Å². The number of halogens is 2. The van der Waals surface area contributed by atoms with Gasteiger partial charge in [-0.25, -0.2) is 9.18 Å². The van der Waals surface area contributed by atoms with Gasteiger partial charge in [0, 0.05) is 5.56 Å². The van der Waals surface area contributed by atoms with Crippen molar-refractivity contribution in [2.24, 2.45) is 0 Å². The van der Waals surface area contributed by atoms with Crippen molar-refractivity contribution in [3.63, 3.8) is 0 Å². The van der Waals surface area contributed by atoms with E-state index in [2.05, 4.69) is 15.9 Å². The number of imide groups is 2. The van der Waals surface area contributed by atoms with E-state index in [0.717, 1.165) is 0 Å². The van der Waals surface area contributed by atoms with Crippen molar-refractivity contribution in [3.05, 3.63) is 63.4 Å². The van der Waals surface area contributed by atoms with E-state index >= 15 is 0 Å². The van der Waals surface area contributed by atoms with E-state index in [1.807, 2.05) is 10.6 Å². The van der Waals surface area contributed by atoms with E-state index in [9.17, 15) is 18.8 Å². The van der Waals surface area contributed by atoms with Crippen molar-refractivity contribution < 1.29 is 28.2 Å². The molecule has 0 atom stereocenters. The third-order valence-corrected chi connectivity index (χ3v) is 4.43. The Morgan fingerprint density at radius 2 is 1.79 bits per heavy atom. The topological polar surface area (TPSA) is 93.7 Å². The van der Waals surface area contributed by atoms with E-state index in [1.54, 1.807) is 30.3 Å². The predicted octanol–water partition coefficient (Wildman–Crippen LogP) is 2.93. The molecule has 0 unspecified atom stereocenters. The first-order valence-corrected chi connectivity index (χ1v) is 8.80. The number of benzene rings is 2. The number of hydrogen-bond donors (Lipinski definition) is 2. The number of carbonyl (C=O) groups is 3.